The van der Waals surface area contributed by atoms with Crippen molar-refractivity contribution in [2.75, 3.05) is 4.90 Å². The number of aryl methyl sites for hydroxylation is 2. The molecule has 0 spiro atoms. The van der Waals surface area contributed by atoms with E-state index in [4.69, 9.17) is 4.74 Å². The Bertz CT molecular complexity index is 1230. The Balaban J connectivity index is 1.79. The van der Waals surface area contributed by atoms with Crippen molar-refractivity contribution >= 4 is 34.8 Å². The van der Waals surface area contributed by atoms with E-state index >= 15 is 0 Å². The Morgan fingerprint density at radius 2 is 1.58 bits per heavy atom. The number of nitrogens with zero attached hydrogens (tertiary/aromatic N) is 1. The van der Waals surface area contributed by atoms with Gasteiger partial charge in [0.25, 0.3) is 11.8 Å². The second-order valence-electron chi connectivity index (χ2n) is 8.38. The molecule has 5 heteroatoms. The standard InChI is InChI=1S/C28H27NO3S/c1-18(2)32-24-13-9-8-12-23(24)29-27(30)25(22-15-14-19(3)16-20(22)4)26(28(29)31)33-17-21-10-6-5-7-11-21/h5-16,18H,17H2,1-4H3. The Morgan fingerprint density at radius 3 is 2.27 bits per heavy atom. The highest BCUT2D eigenvalue weighted by atomic mass is 32.2. The van der Waals surface area contributed by atoms with Gasteiger partial charge in [0.1, 0.15) is 5.75 Å². The Kier molecular flexibility index (Phi) is 6.70. The normalized spacial score (nSPS) is 13.9. The van der Waals surface area contributed by atoms with Gasteiger partial charge in [0.2, 0.25) is 0 Å². The molecule has 0 aromatic heterocycles. The number of rotatable bonds is 7. The smallest absolute Gasteiger partial charge is 0.272 e. The van der Waals surface area contributed by atoms with Crippen LogP contribution in [0.25, 0.3) is 5.57 Å². The number of amides is 2. The van der Waals surface area contributed by atoms with Crippen LogP contribution in [0.1, 0.15) is 36.1 Å². The molecule has 2 amide bonds. The first-order valence-electron chi connectivity index (χ1n) is 11.0. The highest BCUT2D eigenvalue weighted by Crippen LogP contribution is 2.43. The molecule has 0 fully saturated rings. The van der Waals surface area contributed by atoms with Gasteiger partial charge in [-0.2, -0.15) is 0 Å². The molecule has 3 aromatic rings. The number of carbonyl (C=O) groups excluding carboxylic acids is 2. The molecule has 0 bridgehead atoms. The zero-order valence-corrected chi connectivity index (χ0v) is 20.1. The second-order valence-corrected chi connectivity index (χ2v) is 9.36. The minimum atomic E-state index is -0.317. The quantitative estimate of drug-likeness (QED) is 0.390. The van der Waals surface area contributed by atoms with E-state index in [9.17, 15) is 9.59 Å². The van der Waals surface area contributed by atoms with Crippen molar-refractivity contribution in [1.82, 2.24) is 0 Å². The van der Waals surface area contributed by atoms with Crippen molar-refractivity contribution in [2.24, 2.45) is 0 Å². The minimum absolute atomic E-state index is 0.0855. The lowest BCUT2D eigenvalue weighted by Crippen LogP contribution is -2.32. The van der Waals surface area contributed by atoms with Crippen LogP contribution in [0.15, 0.2) is 77.7 Å². The summed E-state index contributed by atoms with van der Waals surface area (Å²) < 4.78 is 5.93. The highest BCUT2D eigenvalue weighted by molar-refractivity contribution is 8.03. The van der Waals surface area contributed by atoms with E-state index in [1.807, 2.05) is 88.4 Å². The molecule has 1 aliphatic rings. The lowest BCUT2D eigenvalue weighted by Gasteiger charge is -2.20. The van der Waals surface area contributed by atoms with Gasteiger partial charge in [-0.3, -0.25) is 9.59 Å². The van der Waals surface area contributed by atoms with Crippen molar-refractivity contribution in [2.45, 2.75) is 39.6 Å². The molecule has 33 heavy (non-hydrogen) atoms. The van der Waals surface area contributed by atoms with E-state index in [0.29, 0.717) is 27.7 Å². The van der Waals surface area contributed by atoms with Gasteiger partial charge in [-0.05, 0) is 56.5 Å². The molecule has 0 saturated heterocycles. The largest absolute Gasteiger partial charge is 0.489 e. The van der Waals surface area contributed by atoms with E-state index in [1.165, 1.54) is 16.7 Å². The first-order chi connectivity index (χ1) is 15.9. The van der Waals surface area contributed by atoms with Gasteiger partial charge in [0.15, 0.2) is 0 Å². The molecule has 0 N–H and O–H groups in total. The summed E-state index contributed by atoms with van der Waals surface area (Å²) in [6.07, 6.45) is -0.0855. The first kappa shape index (κ1) is 22.9. The maximum atomic E-state index is 13.8. The van der Waals surface area contributed by atoms with Crippen LogP contribution in [0.3, 0.4) is 0 Å². The van der Waals surface area contributed by atoms with Crippen LogP contribution >= 0.6 is 11.8 Å². The average molecular weight is 458 g/mol. The van der Waals surface area contributed by atoms with Gasteiger partial charge in [0, 0.05) is 5.75 Å². The number of imide groups is 1. The average Bonchev–Trinajstić information content (AvgIpc) is 3.02. The fourth-order valence-corrected chi connectivity index (χ4v) is 4.98. The maximum absolute atomic E-state index is 13.8. The molecular weight excluding hydrogens is 430 g/mol. The van der Waals surface area contributed by atoms with Crippen molar-refractivity contribution in [1.29, 1.82) is 0 Å². The van der Waals surface area contributed by atoms with Gasteiger partial charge in [-0.1, -0.05) is 66.2 Å². The van der Waals surface area contributed by atoms with Gasteiger partial charge in [0.05, 0.1) is 22.3 Å². The van der Waals surface area contributed by atoms with Gasteiger partial charge in [-0.25, -0.2) is 4.90 Å². The van der Waals surface area contributed by atoms with Crippen LogP contribution < -0.4 is 9.64 Å². The molecule has 168 valence electrons. The third-order valence-electron chi connectivity index (χ3n) is 5.39. The highest BCUT2D eigenvalue weighted by Gasteiger charge is 2.41. The van der Waals surface area contributed by atoms with Gasteiger partial charge < -0.3 is 4.74 Å². The summed E-state index contributed by atoms with van der Waals surface area (Å²) in [4.78, 5) is 29.2. The van der Waals surface area contributed by atoms with Crippen molar-refractivity contribution in [3.63, 3.8) is 0 Å². The Hall–Kier alpha value is -3.31. The first-order valence-corrected chi connectivity index (χ1v) is 12.0. The molecule has 0 unspecified atom stereocenters. The fourth-order valence-electron chi connectivity index (χ4n) is 3.92. The molecular formula is C28H27NO3S. The number of carbonyl (C=O) groups is 2. The lowest BCUT2D eigenvalue weighted by molar-refractivity contribution is -0.119. The lowest BCUT2D eigenvalue weighted by atomic mass is 9.98. The summed E-state index contributed by atoms with van der Waals surface area (Å²) in [6, 6.07) is 23.1. The third kappa shape index (κ3) is 4.74. The molecule has 1 aliphatic heterocycles. The van der Waals surface area contributed by atoms with Gasteiger partial charge in [-0.15, -0.1) is 11.8 Å². The number of thioether (sulfide) groups is 1. The monoisotopic (exact) mass is 457 g/mol. The number of benzene rings is 3. The number of para-hydroxylation sites is 2. The molecule has 0 saturated carbocycles. The molecule has 1 heterocycles. The summed E-state index contributed by atoms with van der Waals surface area (Å²) in [5.74, 6) is 0.489. The van der Waals surface area contributed by atoms with E-state index in [-0.39, 0.29) is 17.9 Å². The number of anilines is 1. The van der Waals surface area contributed by atoms with Crippen LogP contribution in [0.2, 0.25) is 0 Å². The Labute approximate surface area is 199 Å². The van der Waals surface area contributed by atoms with Gasteiger partial charge >= 0.3 is 0 Å². The predicted octanol–water partition coefficient (Wildman–Crippen LogP) is 6.31. The number of hydrogen-bond acceptors (Lipinski definition) is 4. The topological polar surface area (TPSA) is 46.6 Å². The zero-order chi connectivity index (χ0) is 23.5. The Morgan fingerprint density at radius 1 is 0.879 bits per heavy atom. The minimum Gasteiger partial charge on any atom is -0.489 e. The van der Waals surface area contributed by atoms with Crippen molar-refractivity contribution in [3.05, 3.63) is 100.0 Å². The molecule has 3 aromatic carbocycles. The fraction of sp³-hybridized carbons (Fsp3) is 0.214. The summed E-state index contributed by atoms with van der Waals surface area (Å²) in [7, 11) is 0. The number of hydrogen-bond donors (Lipinski definition) is 0. The molecule has 0 aliphatic carbocycles. The summed E-state index contributed by atoms with van der Waals surface area (Å²) >= 11 is 1.41. The SMILES string of the molecule is Cc1ccc(C2=C(SCc3ccccc3)C(=O)N(c3ccccc3OC(C)C)C2=O)c(C)c1. The van der Waals surface area contributed by atoms with E-state index in [2.05, 4.69) is 0 Å². The predicted molar refractivity (Wildman–Crippen MR) is 135 cm³/mol. The van der Waals surface area contributed by atoms with Crippen LogP contribution in [0.4, 0.5) is 5.69 Å². The van der Waals surface area contributed by atoms with E-state index in [0.717, 1.165) is 22.3 Å². The van der Waals surface area contributed by atoms with Crippen LogP contribution in [-0.4, -0.2) is 17.9 Å². The molecule has 0 atom stereocenters. The van der Waals surface area contributed by atoms with E-state index in [1.54, 1.807) is 12.1 Å². The van der Waals surface area contributed by atoms with E-state index < -0.39 is 0 Å². The third-order valence-corrected chi connectivity index (χ3v) is 6.53. The zero-order valence-electron chi connectivity index (χ0n) is 19.3. The number of ether oxygens (including phenoxy) is 1. The maximum Gasteiger partial charge on any atom is 0.272 e. The van der Waals surface area contributed by atoms with Crippen LogP contribution in [0.5, 0.6) is 5.75 Å². The molecule has 4 nitrogen and oxygen atoms in total. The summed E-state index contributed by atoms with van der Waals surface area (Å²) in [5, 5.41) is 0. The summed E-state index contributed by atoms with van der Waals surface area (Å²) in [5.41, 5.74) is 4.89. The second kappa shape index (κ2) is 9.67. The van der Waals surface area contributed by atoms with Crippen LogP contribution in [0, 0.1) is 13.8 Å². The van der Waals surface area contributed by atoms with Crippen LogP contribution in [-0.2, 0) is 15.3 Å². The molecule has 0 radical (unpaired) electrons. The van der Waals surface area contributed by atoms with Crippen molar-refractivity contribution < 1.29 is 14.3 Å². The summed E-state index contributed by atoms with van der Waals surface area (Å²) in [6.45, 7) is 7.84. The van der Waals surface area contributed by atoms with Crippen molar-refractivity contribution in [3.8, 4) is 5.75 Å². The molecule has 4 rings (SSSR count).